The van der Waals surface area contributed by atoms with Crippen molar-refractivity contribution < 1.29 is 9.53 Å². The summed E-state index contributed by atoms with van der Waals surface area (Å²) in [5.74, 6) is -0.0456. The monoisotopic (exact) mass is 481 g/mol. The van der Waals surface area contributed by atoms with Gasteiger partial charge in [-0.2, -0.15) is 0 Å². The molecule has 1 unspecified atom stereocenters. The second kappa shape index (κ2) is 10.3. The summed E-state index contributed by atoms with van der Waals surface area (Å²) < 4.78 is 5.43. The lowest BCUT2D eigenvalue weighted by Gasteiger charge is -2.35. The van der Waals surface area contributed by atoms with Crippen molar-refractivity contribution in [2.24, 2.45) is 0 Å². The van der Waals surface area contributed by atoms with E-state index in [0.717, 1.165) is 56.5 Å². The van der Waals surface area contributed by atoms with E-state index in [2.05, 4.69) is 38.7 Å². The van der Waals surface area contributed by atoms with E-state index < -0.39 is 0 Å². The maximum Gasteiger partial charge on any atom is 0.251 e. The molecule has 0 spiro atoms. The van der Waals surface area contributed by atoms with Gasteiger partial charge in [-0.05, 0) is 65.4 Å². The van der Waals surface area contributed by atoms with Gasteiger partial charge in [-0.3, -0.25) is 9.69 Å². The second-order valence-electron chi connectivity index (χ2n) is 8.51. The Morgan fingerprint density at radius 1 is 1.03 bits per heavy atom. The Bertz CT molecular complexity index is 1080. The zero-order chi connectivity index (χ0) is 22.6. The van der Waals surface area contributed by atoms with Crippen LogP contribution in [0.15, 0.2) is 60.0 Å². The standard InChI is InChI=1S/C26H28ClN3O2S/c27-22-5-1-19(2-6-22)24(30-11-9-25-21(18-30)10-16-33-25)17-28-26(31)20-3-7-23(8-4-20)29-12-14-32-15-13-29/h1-8,10,16,24H,9,11-15,17-18H2,(H,28,31). The molecule has 3 aromatic rings. The van der Waals surface area contributed by atoms with Gasteiger partial charge in [0.1, 0.15) is 0 Å². The molecule has 0 aliphatic carbocycles. The lowest BCUT2D eigenvalue weighted by Crippen LogP contribution is -2.40. The Morgan fingerprint density at radius 3 is 2.55 bits per heavy atom. The van der Waals surface area contributed by atoms with Gasteiger partial charge < -0.3 is 15.0 Å². The first-order valence-corrected chi connectivity index (χ1v) is 12.7. The van der Waals surface area contributed by atoms with Crippen LogP contribution in [0.2, 0.25) is 5.02 Å². The summed E-state index contributed by atoms with van der Waals surface area (Å²) in [6, 6.07) is 18.2. The molecule has 0 bridgehead atoms. The van der Waals surface area contributed by atoms with E-state index >= 15 is 0 Å². The Hall–Kier alpha value is -2.38. The van der Waals surface area contributed by atoms with Crippen molar-refractivity contribution in [3.05, 3.63) is 86.6 Å². The van der Waals surface area contributed by atoms with Crippen LogP contribution in [-0.4, -0.2) is 50.2 Å². The number of hydrogen-bond acceptors (Lipinski definition) is 5. The van der Waals surface area contributed by atoms with Crippen molar-refractivity contribution in [2.75, 3.05) is 44.3 Å². The highest BCUT2D eigenvalue weighted by Gasteiger charge is 2.26. The van der Waals surface area contributed by atoms with Crippen molar-refractivity contribution in [2.45, 2.75) is 19.0 Å². The van der Waals surface area contributed by atoms with Crippen molar-refractivity contribution in [3.63, 3.8) is 0 Å². The molecule has 1 fully saturated rings. The highest BCUT2D eigenvalue weighted by Crippen LogP contribution is 2.30. The summed E-state index contributed by atoms with van der Waals surface area (Å²) in [6.07, 6.45) is 1.05. The Kier molecular flexibility index (Phi) is 6.97. The molecule has 2 aliphatic rings. The number of carbonyl (C=O) groups is 1. The number of fused-ring (bicyclic) bond motifs is 1. The SMILES string of the molecule is O=C(NCC(c1ccc(Cl)cc1)N1CCc2sccc2C1)c1ccc(N2CCOCC2)cc1. The summed E-state index contributed by atoms with van der Waals surface area (Å²) in [6.45, 7) is 5.69. The molecule has 5 nitrogen and oxygen atoms in total. The summed E-state index contributed by atoms with van der Waals surface area (Å²) in [7, 11) is 0. The van der Waals surface area contributed by atoms with Crippen LogP contribution in [0.1, 0.15) is 32.4 Å². The first-order chi connectivity index (χ1) is 16.2. The third-order valence-corrected chi connectivity index (χ3v) is 7.77. The maximum absolute atomic E-state index is 13.0. The molecular formula is C26H28ClN3O2S. The van der Waals surface area contributed by atoms with Gasteiger partial charge in [0.25, 0.3) is 5.91 Å². The van der Waals surface area contributed by atoms with E-state index in [1.807, 2.05) is 47.7 Å². The fraction of sp³-hybridized carbons (Fsp3) is 0.346. The van der Waals surface area contributed by atoms with E-state index in [-0.39, 0.29) is 11.9 Å². The maximum atomic E-state index is 13.0. The van der Waals surface area contributed by atoms with E-state index in [1.54, 1.807) is 0 Å². The van der Waals surface area contributed by atoms with Crippen LogP contribution >= 0.6 is 22.9 Å². The average molecular weight is 482 g/mol. The number of amides is 1. The first-order valence-electron chi connectivity index (χ1n) is 11.4. The van der Waals surface area contributed by atoms with Gasteiger partial charge in [0, 0.05) is 53.9 Å². The zero-order valence-electron chi connectivity index (χ0n) is 18.5. The topological polar surface area (TPSA) is 44.8 Å². The fourth-order valence-electron chi connectivity index (χ4n) is 4.62. The molecule has 172 valence electrons. The third-order valence-electron chi connectivity index (χ3n) is 6.49. The minimum atomic E-state index is -0.0456. The van der Waals surface area contributed by atoms with Crippen molar-refractivity contribution in [3.8, 4) is 0 Å². The lowest BCUT2D eigenvalue weighted by atomic mass is 10.0. The minimum absolute atomic E-state index is 0.0456. The number of morpholine rings is 1. The lowest BCUT2D eigenvalue weighted by molar-refractivity contribution is 0.0928. The highest BCUT2D eigenvalue weighted by molar-refractivity contribution is 7.10. The number of thiophene rings is 1. The van der Waals surface area contributed by atoms with Gasteiger partial charge in [0.15, 0.2) is 0 Å². The molecule has 1 atom stereocenters. The third kappa shape index (κ3) is 5.25. The van der Waals surface area contributed by atoms with Crippen molar-refractivity contribution in [1.29, 1.82) is 0 Å². The molecule has 1 aromatic heterocycles. The Labute approximate surface area is 203 Å². The first kappa shape index (κ1) is 22.4. The van der Waals surface area contributed by atoms with Gasteiger partial charge in [0.2, 0.25) is 0 Å². The average Bonchev–Trinajstić information content (AvgIpc) is 3.34. The van der Waals surface area contributed by atoms with Gasteiger partial charge in [-0.1, -0.05) is 23.7 Å². The normalized spacial score (nSPS) is 17.4. The summed E-state index contributed by atoms with van der Waals surface area (Å²) >= 11 is 7.98. The molecule has 7 heteroatoms. The molecule has 1 saturated heterocycles. The largest absolute Gasteiger partial charge is 0.378 e. The van der Waals surface area contributed by atoms with E-state index in [4.69, 9.17) is 16.3 Å². The molecule has 3 heterocycles. The number of halogens is 1. The van der Waals surface area contributed by atoms with Crippen LogP contribution < -0.4 is 10.2 Å². The molecular weight excluding hydrogens is 454 g/mol. The molecule has 0 radical (unpaired) electrons. The summed E-state index contributed by atoms with van der Waals surface area (Å²) in [4.78, 5) is 19.2. The van der Waals surface area contributed by atoms with Gasteiger partial charge in [-0.15, -0.1) is 11.3 Å². The fourth-order valence-corrected chi connectivity index (χ4v) is 5.63. The van der Waals surface area contributed by atoms with Crippen LogP contribution in [0.4, 0.5) is 5.69 Å². The molecule has 1 N–H and O–H groups in total. The van der Waals surface area contributed by atoms with Crippen LogP contribution in [0.25, 0.3) is 0 Å². The Balaban J connectivity index is 1.28. The number of benzene rings is 2. The number of anilines is 1. The smallest absolute Gasteiger partial charge is 0.251 e. The molecule has 2 aliphatic heterocycles. The molecule has 33 heavy (non-hydrogen) atoms. The van der Waals surface area contributed by atoms with E-state index in [0.29, 0.717) is 12.1 Å². The summed E-state index contributed by atoms with van der Waals surface area (Å²) in [5, 5.41) is 6.08. The number of nitrogens with one attached hydrogen (secondary N) is 1. The van der Waals surface area contributed by atoms with Crippen molar-refractivity contribution >= 4 is 34.5 Å². The molecule has 1 amide bonds. The van der Waals surface area contributed by atoms with Gasteiger partial charge >= 0.3 is 0 Å². The highest BCUT2D eigenvalue weighted by atomic mass is 35.5. The Morgan fingerprint density at radius 2 is 1.79 bits per heavy atom. The number of ether oxygens (including phenoxy) is 1. The van der Waals surface area contributed by atoms with E-state index in [9.17, 15) is 4.79 Å². The van der Waals surface area contributed by atoms with Crippen molar-refractivity contribution in [1.82, 2.24) is 10.2 Å². The number of hydrogen-bond donors (Lipinski definition) is 1. The molecule has 2 aromatic carbocycles. The van der Waals surface area contributed by atoms with Gasteiger partial charge in [0.05, 0.1) is 19.3 Å². The molecule has 5 rings (SSSR count). The number of rotatable bonds is 6. The predicted molar refractivity (Wildman–Crippen MR) is 134 cm³/mol. The van der Waals surface area contributed by atoms with Gasteiger partial charge in [-0.25, -0.2) is 0 Å². The van der Waals surface area contributed by atoms with Crippen LogP contribution in [0.3, 0.4) is 0 Å². The van der Waals surface area contributed by atoms with Crippen LogP contribution in [0, 0.1) is 0 Å². The minimum Gasteiger partial charge on any atom is -0.378 e. The van der Waals surface area contributed by atoms with Crippen LogP contribution in [-0.2, 0) is 17.7 Å². The van der Waals surface area contributed by atoms with Crippen LogP contribution in [0.5, 0.6) is 0 Å². The van der Waals surface area contributed by atoms with E-state index in [1.165, 1.54) is 16.0 Å². The predicted octanol–water partition coefficient (Wildman–Crippen LogP) is 4.77. The second-order valence-corrected chi connectivity index (χ2v) is 9.95. The quantitative estimate of drug-likeness (QED) is 0.551. The number of nitrogens with zero attached hydrogens (tertiary/aromatic N) is 2. The summed E-state index contributed by atoms with van der Waals surface area (Å²) in [5.41, 5.74) is 4.38. The molecule has 0 saturated carbocycles. The zero-order valence-corrected chi connectivity index (χ0v) is 20.1. The number of carbonyl (C=O) groups excluding carboxylic acids is 1.